The molecule has 2 N–H and O–H groups in total. The molecule has 5 nitrogen and oxygen atoms in total. The smallest absolute Gasteiger partial charge is 0.275 e. The van der Waals surface area contributed by atoms with Gasteiger partial charge < -0.3 is 0 Å². The topological polar surface area (TPSA) is 70.1 Å². The molecule has 0 unspecified atom stereocenters. The van der Waals surface area contributed by atoms with Gasteiger partial charge in [0.25, 0.3) is 5.56 Å². The SMILES string of the molecule is CCCC(CCC)=NNc1cn[nH]c(=O)c1Cl. The molecule has 0 saturated heterocycles. The van der Waals surface area contributed by atoms with Crippen molar-refractivity contribution in [1.82, 2.24) is 10.2 Å². The van der Waals surface area contributed by atoms with Crippen molar-refractivity contribution in [3.05, 3.63) is 21.6 Å². The highest BCUT2D eigenvalue weighted by Crippen LogP contribution is 2.14. The highest BCUT2D eigenvalue weighted by atomic mass is 35.5. The average molecular weight is 257 g/mol. The first kappa shape index (κ1) is 13.7. The van der Waals surface area contributed by atoms with E-state index in [1.165, 1.54) is 6.20 Å². The molecule has 0 atom stereocenters. The molecule has 0 spiro atoms. The van der Waals surface area contributed by atoms with Gasteiger partial charge in [-0.25, -0.2) is 5.10 Å². The molecule has 0 aliphatic heterocycles. The largest absolute Gasteiger partial charge is 0.285 e. The van der Waals surface area contributed by atoms with E-state index in [4.69, 9.17) is 11.6 Å². The maximum Gasteiger partial charge on any atom is 0.285 e. The minimum atomic E-state index is -0.417. The van der Waals surface area contributed by atoms with Crippen LogP contribution in [0.5, 0.6) is 0 Å². The Labute approximate surface area is 105 Å². The zero-order valence-corrected chi connectivity index (χ0v) is 10.8. The van der Waals surface area contributed by atoms with Crippen molar-refractivity contribution in [2.75, 3.05) is 5.43 Å². The number of anilines is 1. The minimum Gasteiger partial charge on any atom is -0.275 e. The van der Waals surface area contributed by atoms with Gasteiger partial charge in [-0.3, -0.25) is 10.2 Å². The number of halogens is 1. The fraction of sp³-hybridized carbons (Fsp3) is 0.545. The van der Waals surface area contributed by atoms with Crippen molar-refractivity contribution >= 4 is 23.0 Å². The fourth-order valence-electron chi connectivity index (χ4n) is 1.41. The zero-order chi connectivity index (χ0) is 12.7. The first-order valence-electron chi connectivity index (χ1n) is 5.73. The van der Waals surface area contributed by atoms with E-state index in [0.29, 0.717) is 5.69 Å². The molecule has 0 bridgehead atoms. The highest BCUT2D eigenvalue weighted by Gasteiger charge is 2.04. The standard InChI is InChI=1S/C11H17ClN4O/c1-3-5-8(6-4-2)14-15-9-7-13-16-11(17)10(9)12/h7H,3-6H2,1-2H3,(H2,15,16,17). The highest BCUT2D eigenvalue weighted by molar-refractivity contribution is 6.32. The number of nitrogens with zero attached hydrogens (tertiary/aromatic N) is 2. The number of hydrazone groups is 1. The molecule has 0 saturated carbocycles. The van der Waals surface area contributed by atoms with Gasteiger partial charge in [0.05, 0.1) is 6.20 Å². The Morgan fingerprint density at radius 1 is 1.47 bits per heavy atom. The molecule has 17 heavy (non-hydrogen) atoms. The lowest BCUT2D eigenvalue weighted by Crippen LogP contribution is -2.11. The van der Waals surface area contributed by atoms with Gasteiger partial charge in [-0.05, 0) is 12.8 Å². The number of aromatic nitrogens is 2. The number of rotatable bonds is 6. The van der Waals surface area contributed by atoms with E-state index < -0.39 is 5.56 Å². The summed E-state index contributed by atoms with van der Waals surface area (Å²) in [6.45, 7) is 4.21. The maximum absolute atomic E-state index is 11.2. The molecule has 0 aliphatic rings. The van der Waals surface area contributed by atoms with Crippen LogP contribution >= 0.6 is 11.6 Å². The summed E-state index contributed by atoms with van der Waals surface area (Å²) in [7, 11) is 0. The second-order valence-corrected chi connectivity index (χ2v) is 4.09. The molecular formula is C11H17ClN4O. The van der Waals surface area contributed by atoms with Crippen LogP contribution < -0.4 is 11.0 Å². The third kappa shape index (κ3) is 4.19. The Hall–Kier alpha value is -1.36. The average Bonchev–Trinajstić information content (AvgIpc) is 2.31. The van der Waals surface area contributed by atoms with E-state index in [2.05, 4.69) is 34.6 Å². The molecule has 1 aromatic rings. The molecule has 1 aromatic heterocycles. The van der Waals surface area contributed by atoms with Crippen LogP contribution in [0.1, 0.15) is 39.5 Å². The number of aromatic amines is 1. The summed E-state index contributed by atoms with van der Waals surface area (Å²) < 4.78 is 0. The summed E-state index contributed by atoms with van der Waals surface area (Å²) in [4.78, 5) is 11.2. The second kappa shape index (κ2) is 7.06. The second-order valence-electron chi connectivity index (χ2n) is 3.72. The van der Waals surface area contributed by atoms with Crippen LogP contribution in [0.2, 0.25) is 5.02 Å². The molecule has 1 rings (SSSR count). The molecule has 0 radical (unpaired) electrons. The molecule has 94 valence electrons. The van der Waals surface area contributed by atoms with Gasteiger partial charge in [-0.15, -0.1) is 0 Å². The van der Waals surface area contributed by atoms with E-state index in [1.807, 2.05) is 0 Å². The van der Waals surface area contributed by atoms with Crippen LogP contribution in [0.15, 0.2) is 16.1 Å². The lowest BCUT2D eigenvalue weighted by molar-refractivity contribution is 0.908. The molecule has 0 amide bonds. The summed E-state index contributed by atoms with van der Waals surface area (Å²) in [6.07, 6.45) is 5.41. The molecule has 1 heterocycles. The Morgan fingerprint density at radius 3 is 2.71 bits per heavy atom. The maximum atomic E-state index is 11.2. The lowest BCUT2D eigenvalue weighted by Gasteiger charge is -2.05. The molecule has 0 fully saturated rings. The van der Waals surface area contributed by atoms with Gasteiger partial charge in [0.1, 0.15) is 10.7 Å². The van der Waals surface area contributed by atoms with Crippen molar-refractivity contribution in [1.29, 1.82) is 0 Å². The van der Waals surface area contributed by atoms with E-state index in [-0.39, 0.29) is 5.02 Å². The summed E-state index contributed by atoms with van der Waals surface area (Å²) >= 11 is 5.82. The first-order valence-corrected chi connectivity index (χ1v) is 6.11. The minimum absolute atomic E-state index is 0.0797. The van der Waals surface area contributed by atoms with Crippen molar-refractivity contribution in [2.24, 2.45) is 5.10 Å². The normalized spacial score (nSPS) is 10.1. The predicted octanol–water partition coefficient (Wildman–Crippen LogP) is 2.79. The Morgan fingerprint density at radius 2 is 2.12 bits per heavy atom. The van der Waals surface area contributed by atoms with Gasteiger partial charge in [0.2, 0.25) is 0 Å². The Bertz CT molecular complexity index is 433. The van der Waals surface area contributed by atoms with Gasteiger partial charge in [-0.2, -0.15) is 10.2 Å². The van der Waals surface area contributed by atoms with Crippen LogP contribution in [0.4, 0.5) is 5.69 Å². The monoisotopic (exact) mass is 256 g/mol. The number of H-pyrrole nitrogens is 1. The van der Waals surface area contributed by atoms with Crippen LogP contribution in [0.25, 0.3) is 0 Å². The quantitative estimate of drug-likeness (QED) is 0.607. The lowest BCUT2D eigenvalue weighted by atomic mass is 10.1. The van der Waals surface area contributed by atoms with Crippen molar-refractivity contribution in [2.45, 2.75) is 39.5 Å². The number of hydrogen-bond acceptors (Lipinski definition) is 4. The van der Waals surface area contributed by atoms with E-state index in [1.54, 1.807) is 0 Å². The van der Waals surface area contributed by atoms with E-state index >= 15 is 0 Å². The zero-order valence-electron chi connectivity index (χ0n) is 10.1. The first-order chi connectivity index (χ1) is 8.19. The molecule has 0 aliphatic carbocycles. The van der Waals surface area contributed by atoms with Crippen molar-refractivity contribution in [3.8, 4) is 0 Å². The van der Waals surface area contributed by atoms with Crippen LogP contribution in [-0.2, 0) is 0 Å². The fourth-order valence-corrected chi connectivity index (χ4v) is 1.55. The molecular weight excluding hydrogens is 240 g/mol. The van der Waals surface area contributed by atoms with Gasteiger partial charge in [-0.1, -0.05) is 38.3 Å². The molecule has 0 aromatic carbocycles. The Balaban J connectivity index is 2.79. The van der Waals surface area contributed by atoms with Crippen molar-refractivity contribution < 1.29 is 0 Å². The van der Waals surface area contributed by atoms with E-state index in [9.17, 15) is 4.79 Å². The van der Waals surface area contributed by atoms with Crippen LogP contribution in [0.3, 0.4) is 0 Å². The Kier molecular flexibility index (Phi) is 5.69. The predicted molar refractivity (Wildman–Crippen MR) is 70.7 cm³/mol. The van der Waals surface area contributed by atoms with Crippen molar-refractivity contribution in [3.63, 3.8) is 0 Å². The number of hydrogen-bond donors (Lipinski definition) is 2. The summed E-state index contributed by atoms with van der Waals surface area (Å²) in [5, 5.41) is 10.3. The number of nitrogens with one attached hydrogen (secondary N) is 2. The van der Waals surface area contributed by atoms with Gasteiger partial charge in [0.15, 0.2) is 0 Å². The van der Waals surface area contributed by atoms with Gasteiger partial charge in [0, 0.05) is 5.71 Å². The van der Waals surface area contributed by atoms with Gasteiger partial charge >= 0.3 is 0 Å². The summed E-state index contributed by atoms with van der Waals surface area (Å²) in [5.74, 6) is 0. The van der Waals surface area contributed by atoms with E-state index in [0.717, 1.165) is 31.4 Å². The summed E-state index contributed by atoms with van der Waals surface area (Å²) in [6, 6.07) is 0. The van der Waals surface area contributed by atoms with Crippen LogP contribution in [-0.4, -0.2) is 15.9 Å². The van der Waals surface area contributed by atoms with Crippen LogP contribution in [0, 0.1) is 0 Å². The molecule has 6 heteroatoms. The summed E-state index contributed by atoms with van der Waals surface area (Å²) in [5.41, 5.74) is 3.89. The third-order valence-electron chi connectivity index (χ3n) is 2.21. The third-order valence-corrected chi connectivity index (χ3v) is 2.58.